The number of amides is 1. The van der Waals surface area contributed by atoms with Crippen LogP contribution in [0.5, 0.6) is 0 Å². The number of nitrogens with zero attached hydrogens (tertiary/aromatic N) is 1. The van der Waals surface area contributed by atoms with E-state index in [9.17, 15) is 4.79 Å². The van der Waals surface area contributed by atoms with E-state index in [0.29, 0.717) is 5.75 Å². The Balaban J connectivity index is 1.86. The molecule has 0 aromatic heterocycles. The molecule has 1 fully saturated rings. The average Bonchev–Trinajstić information content (AvgIpc) is 2.38. The first-order valence-electron chi connectivity index (χ1n) is 6.79. The molecule has 0 radical (unpaired) electrons. The summed E-state index contributed by atoms with van der Waals surface area (Å²) in [5.41, 5.74) is 8.36. The Bertz CT molecular complexity index is 453. The van der Waals surface area contributed by atoms with Gasteiger partial charge in [0, 0.05) is 24.0 Å². The Labute approximate surface area is 119 Å². The Morgan fingerprint density at radius 1 is 1.37 bits per heavy atom. The molecule has 0 saturated carbocycles. The van der Waals surface area contributed by atoms with E-state index in [0.717, 1.165) is 25.9 Å². The van der Waals surface area contributed by atoms with Gasteiger partial charge >= 0.3 is 0 Å². The van der Waals surface area contributed by atoms with Crippen LogP contribution in [0.1, 0.15) is 24.0 Å². The van der Waals surface area contributed by atoms with E-state index in [-0.39, 0.29) is 11.9 Å². The highest BCUT2D eigenvalue weighted by Gasteiger charge is 2.20. The van der Waals surface area contributed by atoms with Gasteiger partial charge in [-0.2, -0.15) is 0 Å². The molecule has 0 spiro atoms. The zero-order chi connectivity index (χ0) is 13.8. The average molecular weight is 278 g/mol. The van der Waals surface area contributed by atoms with Gasteiger partial charge in [-0.15, -0.1) is 11.8 Å². The smallest absolute Gasteiger partial charge is 0.232 e. The topological polar surface area (TPSA) is 46.3 Å². The van der Waals surface area contributed by atoms with Crippen LogP contribution in [-0.4, -0.2) is 35.7 Å². The fraction of sp³-hybridized carbons (Fsp3) is 0.533. The van der Waals surface area contributed by atoms with E-state index in [1.807, 2.05) is 4.90 Å². The van der Waals surface area contributed by atoms with Gasteiger partial charge in [0.05, 0.1) is 5.75 Å². The second-order valence-corrected chi connectivity index (χ2v) is 6.29. The summed E-state index contributed by atoms with van der Waals surface area (Å²) in [4.78, 5) is 15.3. The van der Waals surface area contributed by atoms with E-state index in [1.165, 1.54) is 16.0 Å². The summed E-state index contributed by atoms with van der Waals surface area (Å²) in [5, 5.41) is 0. The standard InChI is InChI=1S/C15H22N2OS/c1-11-3-4-14(12(2)9-11)19-10-15(18)17-7-5-13(16)6-8-17/h3-4,9,13H,5-8,10,16H2,1-2H3. The Morgan fingerprint density at radius 3 is 2.68 bits per heavy atom. The zero-order valence-corrected chi connectivity index (χ0v) is 12.5. The number of likely N-dealkylation sites (tertiary alicyclic amines) is 1. The molecule has 104 valence electrons. The van der Waals surface area contributed by atoms with Crippen molar-refractivity contribution in [3.63, 3.8) is 0 Å². The first kappa shape index (κ1) is 14.4. The minimum Gasteiger partial charge on any atom is -0.342 e. The van der Waals surface area contributed by atoms with Crippen molar-refractivity contribution in [2.75, 3.05) is 18.8 Å². The molecule has 1 amide bonds. The van der Waals surface area contributed by atoms with Crippen LogP contribution in [0.4, 0.5) is 0 Å². The number of carbonyl (C=O) groups excluding carboxylic acids is 1. The Morgan fingerprint density at radius 2 is 2.05 bits per heavy atom. The molecule has 1 saturated heterocycles. The summed E-state index contributed by atoms with van der Waals surface area (Å²) in [6, 6.07) is 6.64. The van der Waals surface area contributed by atoms with Gasteiger partial charge in [-0.1, -0.05) is 17.7 Å². The summed E-state index contributed by atoms with van der Waals surface area (Å²) in [7, 11) is 0. The van der Waals surface area contributed by atoms with Crippen molar-refractivity contribution < 1.29 is 4.79 Å². The number of hydrogen-bond acceptors (Lipinski definition) is 3. The number of nitrogens with two attached hydrogens (primary N) is 1. The monoisotopic (exact) mass is 278 g/mol. The van der Waals surface area contributed by atoms with E-state index < -0.39 is 0 Å². The molecule has 19 heavy (non-hydrogen) atoms. The Hall–Kier alpha value is -1.00. The van der Waals surface area contributed by atoms with Crippen LogP contribution in [0.3, 0.4) is 0 Å². The molecule has 0 aliphatic carbocycles. The van der Waals surface area contributed by atoms with Gasteiger partial charge in [0.1, 0.15) is 0 Å². The molecule has 4 heteroatoms. The third-order valence-electron chi connectivity index (χ3n) is 3.57. The number of thioether (sulfide) groups is 1. The van der Waals surface area contributed by atoms with E-state index in [4.69, 9.17) is 5.73 Å². The maximum absolute atomic E-state index is 12.1. The lowest BCUT2D eigenvalue weighted by molar-refractivity contribution is -0.129. The van der Waals surface area contributed by atoms with Crippen LogP contribution in [0, 0.1) is 13.8 Å². The van der Waals surface area contributed by atoms with Crippen LogP contribution in [-0.2, 0) is 4.79 Å². The molecule has 1 aliphatic heterocycles. The molecule has 1 heterocycles. The van der Waals surface area contributed by atoms with Gasteiger partial charge in [-0.3, -0.25) is 4.79 Å². The van der Waals surface area contributed by atoms with E-state index in [1.54, 1.807) is 11.8 Å². The van der Waals surface area contributed by atoms with Gasteiger partial charge in [0.25, 0.3) is 0 Å². The summed E-state index contributed by atoms with van der Waals surface area (Å²) in [6.45, 7) is 5.81. The van der Waals surface area contributed by atoms with Crippen molar-refractivity contribution in [2.24, 2.45) is 5.73 Å². The second-order valence-electron chi connectivity index (χ2n) is 5.28. The summed E-state index contributed by atoms with van der Waals surface area (Å²) in [6.07, 6.45) is 1.86. The molecule has 0 unspecified atom stereocenters. The molecule has 2 N–H and O–H groups in total. The number of hydrogen-bond donors (Lipinski definition) is 1. The highest BCUT2D eigenvalue weighted by Crippen LogP contribution is 2.23. The fourth-order valence-corrected chi connectivity index (χ4v) is 3.25. The van der Waals surface area contributed by atoms with Crippen molar-refractivity contribution in [3.05, 3.63) is 29.3 Å². The third-order valence-corrected chi connectivity index (χ3v) is 4.73. The quantitative estimate of drug-likeness (QED) is 0.863. The maximum atomic E-state index is 12.1. The van der Waals surface area contributed by atoms with Gasteiger partial charge in [0.15, 0.2) is 0 Å². The van der Waals surface area contributed by atoms with Crippen LogP contribution in [0.15, 0.2) is 23.1 Å². The molecule has 1 aromatic rings. The molecule has 2 rings (SSSR count). The SMILES string of the molecule is Cc1ccc(SCC(=O)N2CCC(N)CC2)c(C)c1. The number of benzene rings is 1. The third kappa shape index (κ3) is 3.98. The first-order chi connectivity index (χ1) is 9.06. The number of aryl methyl sites for hydroxylation is 2. The van der Waals surface area contributed by atoms with Crippen LogP contribution in [0.25, 0.3) is 0 Å². The van der Waals surface area contributed by atoms with E-state index in [2.05, 4.69) is 32.0 Å². The van der Waals surface area contributed by atoms with Crippen molar-refractivity contribution in [3.8, 4) is 0 Å². The summed E-state index contributed by atoms with van der Waals surface area (Å²) in [5.74, 6) is 0.760. The normalized spacial score (nSPS) is 16.7. The highest BCUT2D eigenvalue weighted by molar-refractivity contribution is 8.00. The van der Waals surface area contributed by atoms with Crippen LogP contribution in [0.2, 0.25) is 0 Å². The summed E-state index contributed by atoms with van der Waals surface area (Å²) < 4.78 is 0. The van der Waals surface area contributed by atoms with Crippen molar-refractivity contribution in [2.45, 2.75) is 37.6 Å². The van der Waals surface area contributed by atoms with Crippen molar-refractivity contribution in [1.29, 1.82) is 0 Å². The summed E-state index contributed by atoms with van der Waals surface area (Å²) >= 11 is 1.64. The number of rotatable bonds is 3. The van der Waals surface area contributed by atoms with Crippen molar-refractivity contribution in [1.82, 2.24) is 4.90 Å². The predicted octanol–water partition coefficient (Wildman–Crippen LogP) is 2.35. The van der Waals surface area contributed by atoms with E-state index >= 15 is 0 Å². The zero-order valence-electron chi connectivity index (χ0n) is 11.7. The predicted molar refractivity (Wildman–Crippen MR) is 80.4 cm³/mol. The second kappa shape index (κ2) is 6.44. The first-order valence-corrected chi connectivity index (χ1v) is 7.78. The molecule has 1 aliphatic rings. The largest absolute Gasteiger partial charge is 0.342 e. The van der Waals surface area contributed by atoms with Gasteiger partial charge in [0.2, 0.25) is 5.91 Å². The lowest BCUT2D eigenvalue weighted by Crippen LogP contribution is -2.43. The number of carbonyl (C=O) groups is 1. The maximum Gasteiger partial charge on any atom is 0.232 e. The van der Waals surface area contributed by atoms with Crippen LogP contribution >= 0.6 is 11.8 Å². The molecule has 1 aromatic carbocycles. The van der Waals surface area contributed by atoms with Crippen LogP contribution < -0.4 is 5.73 Å². The minimum atomic E-state index is 0.233. The minimum absolute atomic E-state index is 0.233. The molecular weight excluding hydrogens is 256 g/mol. The molecular formula is C15H22N2OS. The van der Waals surface area contributed by atoms with Crippen molar-refractivity contribution >= 4 is 17.7 Å². The molecule has 0 atom stereocenters. The highest BCUT2D eigenvalue weighted by atomic mass is 32.2. The molecule has 0 bridgehead atoms. The lowest BCUT2D eigenvalue weighted by Gasteiger charge is -2.30. The fourth-order valence-electron chi connectivity index (χ4n) is 2.34. The van der Waals surface area contributed by atoms with Gasteiger partial charge in [-0.05, 0) is 38.3 Å². The van der Waals surface area contributed by atoms with Gasteiger partial charge in [-0.25, -0.2) is 0 Å². The molecule has 3 nitrogen and oxygen atoms in total. The Kier molecular flexibility index (Phi) is 4.88. The number of piperidine rings is 1. The van der Waals surface area contributed by atoms with Gasteiger partial charge < -0.3 is 10.6 Å². The lowest BCUT2D eigenvalue weighted by atomic mass is 10.1.